The van der Waals surface area contributed by atoms with Crippen molar-refractivity contribution in [3.8, 4) is 0 Å². The summed E-state index contributed by atoms with van der Waals surface area (Å²) in [6.07, 6.45) is 2.23. The number of thioether (sulfide) groups is 1. The van der Waals surface area contributed by atoms with Crippen LogP contribution in [0.25, 0.3) is 0 Å². The van der Waals surface area contributed by atoms with Gasteiger partial charge in [-0.2, -0.15) is 0 Å². The number of piperidine rings is 1. The Morgan fingerprint density at radius 2 is 2.16 bits per heavy atom. The Morgan fingerprint density at radius 1 is 1.47 bits per heavy atom. The van der Waals surface area contributed by atoms with Crippen LogP contribution in [-0.4, -0.2) is 46.4 Å². The summed E-state index contributed by atoms with van der Waals surface area (Å²) >= 11 is 2.98. The van der Waals surface area contributed by atoms with Crippen molar-refractivity contribution < 1.29 is 4.79 Å². The van der Waals surface area contributed by atoms with Crippen LogP contribution >= 0.6 is 23.1 Å². The monoisotopic (exact) mass is 300 g/mol. The Balaban J connectivity index is 1.88. The lowest BCUT2D eigenvalue weighted by molar-refractivity contribution is -0.131. The lowest BCUT2D eigenvalue weighted by atomic mass is 9.99. The molecule has 1 saturated heterocycles. The smallest absolute Gasteiger partial charge is 0.235 e. The van der Waals surface area contributed by atoms with Crippen molar-refractivity contribution >= 4 is 34.1 Å². The van der Waals surface area contributed by atoms with Gasteiger partial charge in [0.2, 0.25) is 11.0 Å². The summed E-state index contributed by atoms with van der Waals surface area (Å²) in [4.78, 5) is 14.3. The van der Waals surface area contributed by atoms with Crippen molar-refractivity contribution in [1.29, 1.82) is 0 Å². The molecule has 0 saturated carbocycles. The molecule has 1 atom stereocenters. The van der Waals surface area contributed by atoms with E-state index in [1.807, 2.05) is 18.9 Å². The highest BCUT2D eigenvalue weighted by Crippen LogP contribution is 2.30. The van der Waals surface area contributed by atoms with E-state index in [-0.39, 0.29) is 11.2 Å². The molecule has 1 aliphatic rings. The second kappa shape index (κ2) is 6.56. The molecule has 0 spiro atoms. The Bertz CT molecular complexity index is 429. The van der Waals surface area contributed by atoms with E-state index in [2.05, 4.69) is 22.4 Å². The molecule has 7 heteroatoms. The molecule has 5 nitrogen and oxygen atoms in total. The van der Waals surface area contributed by atoms with Gasteiger partial charge >= 0.3 is 0 Å². The molecule has 1 aromatic rings. The molecular formula is C12H20N4OS2. The largest absolute Gasteiger partial charge is 0.363 e. The zero-order chi connectivity index (χ0) is 13.8. The number of nitrogens with zero attached hydrogens (tertiary/aromatic N) is 3. The molecule has 2 rings (SSSR count). The summed E-state index contributed by atoms with van der Waals surface area (Å²) in [6.45, 7) is 5.98. The summed E-state index contributed by atoms with van der Waals surface area (Å²) in [5.41, 5.74) is 0. The average molecular weight is 300 g/mol. The minimum atomic E-state index is -0.0916. The van der Waals surface area contributed by atoms with Crippen LogP contribution < -0.4 is 5.32 Å². The van der Waals surface area contributed by atoms with Crippen LogP contribution in [0.2, 0.25) is 0 Å². The van der Waals surface area contributed by atoms with Crippen molar-refractivity contribution in [1.82, 2.24) is 15.1 Å². The van der Waals surface area contributed by atoms with E-state index in [1.54, 1.807) is 0 Å². The number of anilines is 1. The number of carbonyl (C=O) groups excluding carboxylic acids is 1. The number of aromatic nitrogens is 2. The van der Waals surface area contributed by atoms with Gasteiger partial charge in [-0.05, 0) is 25.7 Å². The zero-order valence-electron chi connectivity index (χ0n) is 11.5. The van der Waals surface area contributed by atoms with Crippen molar-refractivity contribution in [3.05, 3.63) is 0 Å². The van der Waals surface area contributed by atoms with E-state index in [9.17, 15) is 4.79 Å². The lowest BCUT2D eigenvalue weighted by Crippen LogP contribution is -2.41. The first-order chi connectivity index (χ1) is 9.10. The number of rotatable bonds is 4. The van der Waals surface area contributed by atoms with E-state index in [4.69, 9.17) is 0 Å². The fraction of sp³-hybridized carbons (Fsp3) is 0.750. The third kappa shape index (κ3) is 3.82. The highest BCUT2D eigenvalue weighted by Gasteiger charge is 2.25. The predicted octanol–water partition coefficient (Wildman–Crippen LogP) is 2.32. The molecule has 1 fully saturated rings. The lowest BCUT2D eigenvalue weighted by Gasteiger charge is -2.31. The third-order valence-corrected chi connectivity index (χ3v) is 5.45. The van der Waals surface area contributed by atoms with Crippen LogP contribution in [0.1, 0.15) is 26.7 Å². The molecule has 0 radical (unpaired) electrons. The molecule has 1 aromatic heterocycles. The van der Waals surface area contributed by atoms with Gasteiger partial charge in [-0.25, -0.2) is 0 Å². The molecule has 0 unspecified atom stereocenters. The maximum atomic E-state index is 12.3. The van der Waals surface area contributed by atoms with Crippen LogP contribution in [0.3, 0.4) is 0 Å². The topological polar surface area (TPSA) is 58.1 Å². The van der Waals surface area contributed by atoms with Crippen molar-refractivity contribution in [2.45, 2.75) is 36.3 Å². The van der Waals surface area contributed by atoms with Crippen LogP contribution in [0, 0.1) is 5.92 Å². The maximum absolute atomic E-state index is 12.3. The van der Waals surface area contributed by atoms with E-state index in [0.29, 0.717) is 0 Å². The Labute approximate surface area is 122 Å². The standard InChI is InChI=1S/C12H20N4OS2/c1-8-4-6-16(7-5-8)10(17)9(2)18-12-15-14-11(13-3)19-12/h8-9H,4-7H2,1-3H3,(H,13,14)/t9-/m0/s1. The summed E-state index contributed by atoms with van der Waals surface area (Å²) in [6, 6.07) is 0. The third-order valence-electron chi connectivity index (χ3n) is 3.34. The molecule has 2 heterocycles. The van der Waals surface area contributed by atoms with E-state index in [1.165, 1.54) is 23.1 Å². The van der Waals surface area contributed by atoms with Gasteiger partial charge in [-0.15, -0.1) is 10.2 Å². The van der Waals surface area contributed by atoms with E-state index >= 15 is 0 Å². The average Bonchev–Trinajstić information content (AvgIpc) is 2.86. The first kappa shape index (κ1) is 14.6. The summed E-state index contributed by atoms with van der Waals surface area (Å²) in [5.74, 6) is 0.964. The zero-order valence-corrected chi connectivity index (χ0v) is 13.2. The predicted molar refractivity (Wildman–Crippen MR) is 79.8 cm³/mol. The molecular weight excluding hydrogens is 280 g/mol. The van der Waals surface area contributed by atoms with Crippen LogP contribution in [-0.2, 0) is 4.79 Å². The van der Waals surface area contributed by atoms with Crippen LogP contribution in [0.5, 0.6) is 0 Å². The molecule has 106 valence electrons. The number of hydrogen-bond acceptors (Lipinski definition) is 6. The molecule has 1 N–H and O–H groups in total. The van der Waals surface area contributed by atoms with Gasteiger partial charge in [0.15, 0.2) is 4.34 Å². The number of carbonyl (C=O) groups is 1. The second-order valence-electron chi connectivity index (χ2n) is 4.89. The van der Waals surface area contributed by atoms with Gasteiger partial charge in [0, 0.05) is 20.1 Å². The van der Waals surface area contributed by atoms with Gasteiger partial charge in [0.05, 0.1) is 5.25 Å². The highest BCUT2D eigenvalue weighted by atomic mass is 32.2. The Hall–Kier alpha value is -0.820. The first-order valence-corrected chi connectivity index (χ1v) is 8.26. The fourth-order valence-electron chi connectivity index (χ4n) is 2.05. The number of hydrogen-bond donors (Lipinski definition) is 1. The van der Waals surface area contributed by atoms with Crippen molar-refractivity contribution in [2.75, 3.05) is 25.5 Å². The molecule has 0 aromatic carbocycles. The highest BCUT2D eigenvalue weighted by molar-refractivity contribution is 8.02. The van der Waals surface area contributed by atoms with Gasteiger partial charge < -0.3 is 10.2 Å². The quantitative estimate of drug-likeness (QED) is 0.865. The van der Waals surface area contributed by atoms with Gasteiger partial charge in [-0.3, -0.25) is 4.79 Å². The van der Waals surface area contributed by atoms with E-state index < -0.39 is 0 Å². The molecule has 0 bridgehead atoms. The Kier molecular flexibility index (Phi) is 5.04. The molecule has 1 aliphatic heterocycles. The van der Waals surface area contributed by atoms with Crippen molar-refractivity contribution in [3.63, 3.8) is 0 Å². The normalized spacial score (nSPS) is 18.4. The number of likely N-dealkylation sites (tertiary alicyclic amines) is 1. The number of amides is 1. The second-order valence-corrected chi connectivity index (χ2v) is 7.46. The summed E-state index contributed by atoms with van der Waals surface area (Å²) < 4.78 is 0.843. The molecule has 1 amide bonds. The fourth-order valence-corrected chi connectivity index (χ4v) is 3.98. The van der Waals surface area contributed by atoms with E-state index in [0.717, 1.165) is 41.3 Å². The summed E-state index contributed by atoms with van der Waals surface area (Å²) in [7, 11) is 1.82. The van der Waals surface area contributed by atoms with Crippen LogP contribution in [0.4, 0.5) is 5.13 Å². The summed E-state index contributed by atoms with van der Waals surface area (Å²) in [5, 5.41) is 11.7. The molecule has 19 heavy (non-hydrogen) atoms. The van der Waals surface area contributed by atoms with Crippen molar-refractivity contribution in [2.24, 2.45) is 5.92 Å². The maximum Gasteiger partial charge on any atom is 0.235 e. The SMILES string of the molecule is CNc1nnc(S[C@@H](C)C(=O)N2CCC(C)CC2)s1. The van der Waals surface area contributed by atoms with Gasteiger partial charge in [-0.1, -0.05) is 30.0 Å². The number of nitrogens with one attached hydrogen (secondary N) is 1. The van der Waals surface area contributed by atoms with Gasteiger partial charge in [0.1, 0.15) is 0 Å². The van der Waals surface area contributed by atoms with Gasteiger partial charge in [0.25, 0.3) is 0 Å². The first-order valence-electron chi connectivity index (χ1n) is 6.57. The van der Waals surface area contributed by atoms with Crippen LogP contribution in [0.15, 0.2) is 4.34 Å². The Morgan fingerprint density at radius 3 is 2.74 bits per heavy atom. The minimum absolute atomic E-state index is 0.0916. The molecule has 0 aliphatic carbocycles. The minimum Gasteiger partial charge on any atom is -0.363 e.